The number of primary amides is 1. The molecule has 5 N–H and O–H groups in total. The number of hydrogen-bond acceptors (Lipinski definition) is 8. The number of benzene rings is 1. The average Bonchev–Trinajstić information content (AvgIpc) is 3.35. The van der Waals surface area contributed by atoms with E-state index in [2.05, 4.69) is 25.6 Å². The Labute approximate surface area is 220 Å². The van der Waals surface area contributed by atoms with Crippen molar-refractivity contribution in [2.75, 3.05) is 5.32 Å². The SMILES string of the molecule is Cc1cc(Nc2nccc(C(F)(F)F)n2)cc(-c2cnc(C3(O)CCC(NC(=O)CCC(N)=O)CC3)s2)c1. The Bertz CT molecular complexity index is 1320. The van der Waals surface area contributed by atoms with E-state index < -0.39 is 23.4 Å². The molecule has 2 amide bonds. The van der Waals surface area contributed by atoms with Crippen molar-refractivity contribution in [3.63, 3.8) is 0 Å². The van der Waals surface area contributed by atoms with Crippen LogP contribution in [0, 0.1) is 6.92 Å². The van der Waals surface area contributed by atoms with Crippen molar-refractivity contribution in [1.29, 1.82) is 0 Å². The number of aromatic nitrogens is 3. The topological polar surface area (TPSA) is 143 Å². The summed E-state index contributed by atoms with van der Waals surface area (Å²) in [5.74, 6) is -0.942. The van der Waals surface area contributed by atoms with Gasteiger partial charge in [-0.3, -0.25) is 9.59 Å². The third-order valence-corrected chi connectivity index (χ3v) is 7.48. The fraction of sp³-hybridized carbons (Fsp3) is 0.400. The lowest BCUT2D eigenvalue weighted by Crippen LogP contribution is -2.42. The molecule has 0 bridgehead atoms. The van der Waals surface area contributed by atoms with Crippen molar-refractivity contribution >= 4 is 34.8 Å². The Morgan fingerprint density at radius 2 is 1.92 bits per heavy atom. The summed E-state index contributed by atoms with van der Waals surface area (Å²) < 4.78 is 39.0. The number of carbonyl (C=O) groups is 2. The van der Waals surface area contributed by atoms with Crippen molar-refractivity contribution in [2.24, 2.45) is 5.73 Å². The van der Waals surface area contributed by atoms with E-state index in [0.717, 1.165) is 28.3 Å². The lowest BCUT2D eigenvalue weighted by Gasteiger charge is -2.34. The van der Waals surface area contributed by atoms with E-state index >= 15 is 0 Å². The monoisotopic (exact) mass is 548 g/mol. The van der Waals surface area contributed by atoms with Gasteiger partial charge in [-0.15, -0.1) is 11.3 Å². The van der Waals surface area contributed by atoms with Crippen molar-refractivity contribution in [1.82, 2.24) is 20.3 Å². The smallest absolute Gasteiger partial charge is 0.383 e. The highest BCUT2D eigenvalue weighted by Gasteiger charge is 2.38. The van der Waals surface area contributed by atoms with Gasteiger partial charge < -0.3 is 21.5 Å². The van der Waals surface area contributed by atoms with Gasteiger partial charge in [-0.2, -0.15) is 13.2 Å². The molecule has 0 aliphatic heterocycles. The summed E-state index contributed by atoms with van der Waals surface area (Å²) in [5.41, 5.74) is 5.07. The molecule has 0 spiro atoms. The van der Waals surface area contributed by atoms with Gasteiger partial charge in [0.1, 0.15) is 16.3 Å². The highest BCUT2D eigenvalue weighted by molar-refractivity contribution is 7.15. The number of nitrogens with one attached hydrogen (secondary N) is 2. The molecule has 0 saturated heterocycles. The Balaban J connectivity index is 1.44. The molecule has 2 aromatic heterocycles. The molecule has 1 fully saturated rings. The summed E-state index contributed by atoms with van der Waals surface area (Å²) in [6, 6.07) is 6.15. The third kappa shape index (κ3) is 6.84. The van der Waals surface area contributed by atoms with E-state index in [4.69, 9.17) is 5.73 Å². The summed E-state index contributed by atoms with van der Waals surface area (Å²) >= 11 is 1.34. The molecule has 2 heterocycles. The molecule has 1 aliphatic rings. The number of rotatable bonds is 8. The van der Waals surface area contributed by atoms with Gasteiger partial charge in [0, 0.05) is 37.0 Å². The molecule has 0 unspecified atom stereocenters. The number of alkyl halides is 3. The molecule has 202 valence electrons. The van der Waals surface area contributed by atoms with Crippen molar-refractivity contribution in [3.8, 4) is 10.4 Å². The van der Waals surface area contributed by atoms with Crippen LogP contribution in [0.2, 0.25) is 0 Å². The average molecular weight is 549 g/mol. The first-order valence-corrected chi connectivity index (χ1v) is 12.8. The van der Waals surface area contributed by atoms with Crippen LogP contribution in [0.3, 0.4) is 0 Å². The molecule has 9 nitrogen and oxygen atoms in total. The maximum Gasteiger partial charge on any atom is 0.433 e. The summed E-state index contributed by atoms with van der Waals surface area (Å²) in [7, 11) is 0. The van der Waals surface area contributed by atoms with Crippen molar-refractivity contribution in [3.05, 3.63) is 52.9 Å². The molecular weight excluding hydrogens is 521 g/mol. The number of carbonyl (C=O) groups excluding carboxylic acids is 2. The number of hydrogen-bond donors (Lipinski definition) is 4. The van der Waals surface area contributed by atoms with E-state index in [9.17, 15) is 27.9 Å². The normalized spacial score (nSPS) is 19.7. The van der Waals surface area contributed by atoms with Gasteiger partial charge in [-0.25, -0.2) is 15.0 Å². The fourth-order valence-electron chi connectivity index (χ4n) is 4.32. The zero-order chi connectivity index (χ0) is 27.5. The van der Waals surface area contributed by atoms with E-state index in [0.29, 0.717) is 36.4 Å². The zero-order valence-corrected chi connectivity index (χ0v) is 21.3. The molecule has 1 saturated carbocycles. The van der Waals surface area contributed by atoms with Gasteiger partial charge in [-0.1, -0.05) is 6.07 Å². The minimum absolute atomic E-state index is 0.00640. The molecule has 1 aliphatic carbocycles. The van der Waals surface area contributed by atoms with Crippen molar-refractivity contribution in [2.45, 2.75) is 63.3 Å². The number of amides is 2. The second-order valence-corrected chi connectivity index (χ2v) is 10.4. The van der Waals surface area contributed by atoms with E-state index in [1.807, 2.05) is 13.0 Å². The van der Waals surface area contributed by atoms with Crippen LogP contribution < -0.4 is 16.4 Å². The number of anilines is 2. The van der Waals surface area contributed by atoms with Gasteiger partial charge in [0.25, 0.3) is 0 Å². The number of halogens is 3. The standard InChI is InChI=1S/C25H27F3N6O3S/c1-14-10-15(12-17(11-14)33-23-30-9-6-19(34-23)25(26,27)28)18-13-31-22(38-18)24(37)7-4-16(5-8-24)32-21(36)3-2-20(29)35/h6,9-13,16,37H,2-5,7-8H2,1H3,(H2,29,35)(H,32,36)(H,30,33,34). The van der Waals surface area contributed by atoms with E-state index in [1.54, 1.807) is 18.3 Å². The van der Waals surface area contributed by atoms with Crippen LogP contribution in [0.25, 0.3) is 10.4 Å². The minimum Gasteiger partial charge on any atom is -0.383 e. The van der Waals surface area contributed by atoms with Crippen LogP contribution in [-0.2, 0) is 21.4 Å². The predicted molar refractivity (Wildman–Crippen MR) is 135 cm³/mol. The lowest BCUT2D eigenvalue weighted by atomic mass is 9.82. The zero-order valence-electron chi connectivity index (χ0n) is 20.5. The van der Waals surface area contributed by atoms with Gasteiger partial charge in [0.05, 0.1) is 4.88 Å². The Morgan fingerprint density at radius 3 is 2.61 bits per heavy atom. The first kappa shape index (κ1) is 27.5. The second-order valence-electron chi connectivity index (χ2n) is 9.35. The molecule has 4 rings (SSSR count). The Kier molecular flexibility index (Phi) is 7.97. The number of aliphatic hydroxyl groups is 1. The first-order chi connectivity index (χ1) is 17.9. The number of aryl methyl sites for hydroxylation is 1. The molecular formula is C25H27F3N6O3S. The molecule has 38 heavy (non-hydrogen) atoms. The molecule has 13 heteroatoms. The van der Waals surface area contributed by atoms with Crippen molar-refractivity contribution < 1.29 is 27.9 Å². The summed E-state index contributed by atoms with van der Waals surface area (Å²) in [4.78, 5) is 35.5. The Morgan fingerprint density at radius 1 is 1.18 bits per heavy atom. The molecule has 0 radical (unpaired) electrons. The van der Waals surface area contributed by atoms with Crippen LogP contribution in [0.5, 0.6) is 0 Å². The summed E-state index contributed by atoms with van der Waals surface area (Å²) in [5, 5.41) is 17.6. The van der Waals surface area contributed by atoms with Crippen LogP contribution in [0.15, 0.2) is 36.7 Å². The lowest BCUT2D eigenvalue weighted by molar-refractivity contribution is -0.141. The first-order valence-electron chi connectivity index (χ1n) is 12.0. The largest absolute Gasteiger partial charge is 0.433 e. The second kappa shape index (κ2) is 11.0. The predicted octanol–water partition coefficient (Wildman–Crippen LogP) is 4.18. The maximum atomic E-state index is 13.0. The van der Waals surface area contributed by atoms with Gasteiger partial charge in [0.15, 0.2) is 0 Å². The quantitative estimate of drug-likeness (QED) is 0.331. The highest BCUT2D eigenvalue weighted by atomic mass is 32.1. The minimum atomic E-state index is -4.58. The number of nitrogens with two attached hydrogens (primary N) is 1. The van der Waals surface area contributed by atoms with Crippen LogP contribution in [-0.4, -0.2) is 37.9 Å². The fourth-order valence-corrected chi connectivity index (χ4v) is 5.37. The van der Waals surface area contributed by atoms with Gasteiger partial charge in [-0.05, 0) is 61.9 Å². The van der Waals surface area contributed by atoms with Crippen LogP contribution >= 0.6 is 11.3 Å². The third-order valence-electron chi connectivity index (χ3n) is 6.24. The summed E-state index contributed by atoms with van der Waals surface area (Å²) in [6.07, 6.45) is 0.106. The number of nitrogens with zero attached hydrogens (tertiary/aromatic N) is 3. The van der Waals surface area contributed by atoms with Crippen LogP contribution in [0.1, 0.15) is 54.8 Å². The molecule has 0 atom stereocenters. The van der Waals surface area contributed by atoms with E-state index in [-0.39, 0.29) is 30.7 Å². The van der Waals surface area contributed by atoms with E-state index in [1.165, 1.54) is 11.3 Å². The summed E-state index contributed by atoms with van der Waals surface area (Å²) in [6.45, 7) is 1.86. The highest BCUT2D eigenvalue weighted by Crippen LogP contribution is 2.41. The van der Waals surface area contributed by atoms with Gasteiger partial charge >= 0.3 is 6.18 Å². The number of thiazole rings is 1. The molecule has 1 aromatic carbocycles. The van der Waals surface area contributed by atoms with Gasteiger partial charge in [0.2, 0.25) is 17.8 Å². The van der Waals surface area contributed by atoms with Crippen LogP contribution in [0.4, 0.5) is 24.8 Å². The maximum absolute atomic E-state index is 13.0. The molecule has 3 aromatic rings. The Hall–Kier alpha value is -3.58.